The maximum Gasteiger partial charge on any atom is 0.317 e. The average molecular weight is 306 g/mol. The summed E-state index contributed by atoms with van der Waals surface area (Å²) in [4.78, 5) is 25.6. The fraction of sp³-hybridized carbons (Fsp3) is 0.667. The number of ether oxygens (including phenoxy) is 2. The van der Waals surface area contributed by atoms with E-state index in [9.17, 15) is 9.59 Å². The number of hydrogen-bond acceptors (Lipinski definition) is 4. The van der Waals surface area contributed by atoms with Crippen LogP contribution in [0.4, 0.5) is 0 Å². The molecule has 2 aliphatic rings. The minimum Gasteiger partial charge on any atom is -0.462 e. The van der Waals surface area contributed by atoms with Crippen LogP contribution < -0.4 is 0 Å². The van der Waals surface area contributed by atoms with Crippen molar-refractivity contribution in [3.8, 4) is 0 Å². The van der Waals surface area contributed by atoms with E-state index in [0.717, 1.165) is 12.0 Å². The third kappa shape index (κ3) is 2.59. The Morgan fingerprint density at radius 2 is 1.50 bits per heavy atom. The molecule has 2 rings (SSSR count). The first-order valence-electron chi connectivity index (χ1n) is 8.04. The van der Waals surface area contributed by atoms with Crippen molar-refractivity contribution < 1.29 is 19.1 Å². The third-order valence-electron chi connectivity index (χ3n) is 4.46. The summed E-state index contributed by atoms with van der Waals surface area (Å²) < 4.78 is 11.0. The van der Waals surface area contributed by atoms with E-state index in [1.807, 2.05) is 52.8 Å². The molecule has 22 heavy (non-hydrogen) atoms. The number of rotatable bonds is 4. The van der Waals surface area contributed by atoms with Crippen LogP contribution in [0.5, 0.6) is 0 Å². The quantitative estimate of drug-likeness (QED) is 0.745. The Bertz CT molecular complexity index is 529. The van der Waals surface area contributed by atoms with Crippen molar-refractivity contribution in [2.24, 2.45) is 10.8 Å². The molecule has 2 aliphatic carbocycles. The Balaban J connectivity index is 2.47. The molecule has 4 heteroatoms. The highest BCUT2D eigenvalue weighted by Crippen LogP contribution is 2.58. The third-order valence-corrected chi connectivity index (χ3v) is 4.46. The summed E-state index contributed by atoms with van der Waals surface area (Å²) >= 11 is 0. The monoisotopic (exact) mass is 306 g/mol. The van der Waals surface area contributed by atoms with Gasteiger partial charge in [-0.2, -0.15) is 0 Å². The zero-order valence-electron chi connectivity index (χ0n) is 14.1. The van der Waals surface area contributed by atoms with E-state index in [2.05, 4.69) is 0 Å². The molecule has 0 spiro atoms. The average Bonchev–Trinajstić information content (AvgIpc) is 2.78. The summed E-state index contributed by atoms with van der Waals surface area (Å²) in [5.41, 5.74) is -0.874. The molecular weight excluding hydrogens is 280 g/mol. The Labute approximate surface area is 132 Å². The van der Waals surface area contributed by atoms with Gasteiger partial charge in [0.15, 0.2) is 0 Å². The van der Waals surface area contributed by atoms with Crippen LogP contribution in [-0.4, -0.2) is 24.1 Å². The molecular formula is C18H26O4. The molecule has 0 heterocycles. The molecule has 0 amide bonds. The lowest BCUT2D eigenvalue weighted by atomic mass is 9.62. The van der Waals surface area contributed by atoms with Crippen LogP contribution in [0.2, 0.25) is 0 Å². The summed E-state index contributed by atoms with van der Waals surface area (Å²) in [6.07, 6.45) is 7.30. The van der Waals surface area contributed by atoms with Crippen LogP contribution in [0.1, 0.15) is 53.9 Å². The zero-order chi connectivity index (χ0) is 16.5. The normalized spacial score (nSPS) is 30.2. The highest BCUT2D eigenvalue weighted by Gasteiger charge is 2.64. The van der Waals surface area contributed by atoms with Crippen LogP contribution >= 0.6 is 0 Å². The Hall–Kier alpha value is -1.58. The van der Waals surface area contributed by atoms with Crippen molar-refractivity contribution in [1.82, 2.24) is 0 Å². The molecule has 0 unspecified atom stereocenters. The maximum absolute atomic E-state index is 12.8. The summed E-state index contributed by atoms with van der Waals surface area (Å²) in [6, 6.07) is 0. The molecule has 0 N–H and O–H groups in total. The molecule has 0 aliphatic heterocycles. The number of esters is 2. The molecule has 0 aromatic carbocycles. The molecule has 2 atom stereocenters. The van der Waals surface area contributed by atoms with Gasteiger partial charge in [-0.1, -0.05) is 30.2 Å². The van der Waals surface area contributed by atoms with Gasteiger partial charge in [-0.25, -0.2) is 0 Å². The lowest BCUT2D eigenvalue weighted by Crippen LogP contribution is -2.50. The SMILES string of the molecule is CC1=C[C@]2(C(=O)OC(C)C)CCC[C@]2(C(=O)OC(C)C)C=C1. The van der Waals surface area contributed by atoms with Crippen LogP contribution in [0, 0.1) is 10.8 Å². The van der Waals surface area contributed by atoms with Crippen LogP contribution in [0.3, 0.4) is 0 Å². The fourth-order valence-corrected chi connectivity index (χ4v) is 3.57. The molecule has 0 bridgehead atoms. The van der Waals surface area contributed by atoms with Crippen LogP contribution in [0.15, 0.2) is 23.8 Å². The zero-order valence-corrected chi connectivity index (χ0v) is 14.1. The molecule has 1 saturated carbocycles. The number of fused-ring (bicyclic) bond motifs is 1. The van der Waals surface area contributed by atoms with Crippen LogP contribution in [0.25, 0.3) is 0 Å². The second-order valence-electron chi connectivity index (χ2n) is 6.93. The highest BCUT2D eigenvalue weighted by atomic mass is 16.6. The summed E-state index contributed by atoms with van der Waals surface area (Å²) in [5, 5.41) is 0. The lowest BCUT2D eigenvalue weighted by Gasteiger charge is -2.41. The minimum absolute atomic E-state index is 0.207. The molecule has 1 fully saturated rings. The molecule has 0 radical (unpaired) electrons. The van der Waals surface area contributed by atoms with E-state index >= 15 is 0 Å². The van der Waals surface area contributed by atoms with Gasteiger partial charge in [-0.3, -0.25) is 9.59 Å². The van der Waals surface area contributed by atoms with E-state index in [1.165, 1.54) is 0 Å². The number of allylic oxidation sites excluding steroid dienone is 2. The lowest BCUT2D eigenvalue weighted by molar-refractivity contribution is -0.174. The molecule has 0 aromatic heterocycles. The summed E-state index contributed by atoms with van der Waals surface area (Å²) in [5.74, 6) is -0.634. The van der Waals surface area contributed by atoms with Crippen LogP contribution in [-0.2, 0) is 19.1 Å². The smallest absolute Gasteiger partial charge is 0.317 e. The van der Waals surface area contributed by atoms with Gasteiger partial charge in [0.2, 0.25) is 0 Å². The van der Waals surface area contributed by atoms with Crippen molar-refractivity contribution in [2.45, 2.75) is 66.1 Å². The fourth-order valence-electron chi connectivity index (χ4n) is 3.57. The Morgan fingerprint density at radius 3 is 2.05 bits per heavy atom. The largest absolute Gasteiger partial charge is 0.462 e. The van der Waals surface area contributed by atoms with Crippen molar-refractivity contribution >= 4 is 11.9 Å². The molecule has 4 nitrogen and oxygen atoms in total. The van der Waals surface area contributed by atoms with E-state index in [-0.39, 0.29) is 24.1 Å². The summed E-state index contributed by atoms with van der Waals surface area (Å²) in [6.45, 7) is 9.24. The standard InChI is InChI=1S/C18H26O4/c1-12(2)21-15(19)17-8-6-9-18(17,11-14(5)7-10-17)16(20)22-13(3)4/h7,10-13H,6,8-9H2,1-5H3/t17-,18+/m1/s1. The first kappa shape index (κ1) is 16.8. The summed E-state index contributed by atoms with van der Waals surface area (Å²) in [7, 11) is 0. The number of carbonyl (C=O) groups is 2. The second kappa shape index (κ2) is 5.90. The molecule has 0 saturated heterocycles. The van der Waals surface area contributed by atoms with Gasteiger partial charge < -0.3 is 9.47 Å². The van der Waals surface area contributed by atoms with Crippen molar-refractivity contribution in [3.05, 3.63) is 23.8 Å². The first-order valence-corrected chi connectivity index (χ1v) is 8.04. The maximum atomic E-state index is 12.8. The van der Waals surface area contributed by atoms with Crippen molar-refractivity contribution in [2.75, 3.05) is 0 Å². The molecule has 0 aromatic rings. The van der Waals surface area contributed by atoms with E-state index in [1.54, 1.807) is 0 Å². The Morgan fingerprint density at radius 1 is 1.00 bits per heavy atom. The van der Waals surface area contributed by atoms with Gasteiger partial charge in [-0.05, 0) is 47.5 Å². The van der Waals surface area contributed by atoms with Crippen molar-refractivity contribution in [1.29, 1.82) is 0 Å². The first-order chi connectivity index (χ1) is 10.2. The van der Waals surface area contributed by atoms with Crippen molar-refractivity contribution in [3.63, 3.8) is 0 Å². The second-order valence-corrected chi connectivity index (χ2v) is 6.93. The predicted octanol–water partition coefficient (Wildman–Crippen LogP) is 3.56. The predicted molar refractivity (Wildman–Crippen MR) is 84.1 cm³/mol. The van der Waals surface area contributed by atoms with Gasteiger partial charge >= 0.3 is 11.9 Å². The minimum atomic E-state index is -0.928. The van der Waals surface area contributed by atoms with Gasteiger partial charge in [0.05, 0.1) is 12.2 Å². The van der Waals surface area contributed by atoms with E-state index in [4.69, 9.17) is 9.47 Å². The topological polar surface area (TPSA) is 52.6 Å². The molecule has 122 valence electrons. The van der Waals surface area contributed by atoms with Gasteiger partial charge in [-0.15, -0.1) is 0 Å². The van der Waals surface area contributed by atoms with Gasteiger partial charge in [0.1, 0.15) is 10.8 Å². The Kier molecular flexibility index (Phi) is 4.50. The highest BCUT2D eigenvalue weighted by molar-refractivity contribution is 5.93. The van der Waals surface area contributed by atoms with E-state index < -0.39 is 10.8 Å². The number of carbonyl (C=O) groups excluding carboxylic acids is 2. The number of hydrogen-bond donors (Lipinski definition) is 0. The van der Waals surface area contributed by atoms with Gasteiger partial charge in [0.25, 0.3) is 0 Å². The van der Waals surface area contributed by atoms with Gasteiger partial charge in [0, 0.05) is 0 Å². The van der Waals surface area contributed by atoms with E-state index in [0.29, 0.717) is 12.8 Å².